The van der Waals surface area contributed by atoms with Gasteiger partial charge in [-0.1, -0.05) is 43.5 Å². The average molecular weight is 356 g/mol. The molecule has 0 amide bonds. The van der Waals surface area contributed by atoms with E-state index in [1.54, 1.807) is 7.11 Å². The summed E-state index contributed by atoms with van der Waals surface area (Å²) in [6.45, 7) is 0. The number of hydrogen-bond donors (Lipinski definition) is 0. The van der Waals surface area contributed by atoms with Crippen LogP contribution in [0.5, 0.6) is 5.75 Å². The number of alkyl halides is 2. The van der Waals surface area contributed by atoms with Crippen LogP contribution in [0.2, 0.25) is 5.02 Å². The fourth-order valence-corrected chi connectivity index (χ4v) is 3.09. The zero-order chi connectivity index (χ0) is 11.3. The third-order valence-electron chi connectivity index (χ3n) is 2.19. The minimum absolute atomic E-state index is 0.553. The number of halogens is 3. The summed E-state index contributed by atoms with van der Waals surface area (Å²) in [4.78, 5) is 0. The summed E-state index contributed by atoms with van der Waals surface area (Å²) in [5, 5.41) is 2.69. The standard InChI is InChI=1S/C11H13Br2ClO/c1-15-11-3-2-10(14)5-9(11)4-8(6-12)7-13/h2-3,5,8H,4,6-7H2,1H3. The Bertz CT molecular complexity index is 313. The van der Waals surface area contributed by atoms with Crippen LogP contribution in [0.15, 0.2) is 18.2 Å². The quantitative estimate of drug-likeness (QED) is 0.715. The Morgan fingerprint density at radius 2 is 2.00 bits per heavy atom. The summed E-state index contributed by atoms with van der Waals surface area (Å²) < 4.78 is 5.30. The molecule has 0 aliphatic rings. The third-order valence-corrected chi connectivity index (χ3v) is 4.25. The van der Waals surface area contributed by atoms with Gasteiger partial charge in [0.2, 0.25) is 0 Å². The largest absolute Gasteiger partial charge is 0.496 e. The lowest BCUT2D eigenvalue weighted by atomic mass is 10.0. The summed E-state index contributed by atoms with van der Waals surface area (Å²) >= 11 is 13.0. The van der Waals surface area contributed by atoms with Crippen molar-refractivity contribution in [2.45, 2.75) is 6.42 Å². The second-order valence-electron chi connectivity index (χ2n) is 3.33. The zero-order valence-electron chi connectivity index (χ0n) is 8.47. The van der Waals surface area contributed by atoms with E-state index < -0.39 is 0 Å². The van der Waals surface area contributed by atoms with Crippen molar-refractivity contribution in [2.24, 2.45) is 5.92 Å². The van der Waals surface area contributed by atoms with Gasteiger partial charge in [0.15, 0.2) is 0 Å². The van der Waals surface area contributed by atoms with Gasteiger partial charge >= 0.3 is 0 Å². The summed E-state index contributed by atoms with van der Waals surface area (Å²) in [5.74, 6) is 1.46. The molecule has 1 rings (SSSR count). The lowest BCUT2D eigenvalue weighted by Gasteiger charge is -2.13. The van der Waals surface area contributed by atoms with Crippen molar-refractivity contribution in [2.75, 3.05) is 17.8 Å². The number of hydrogen-bond acceptors (Lipinski definition) is 1. The van der Waals surface area contributed by atoms with E-state index in [1.807, 2.05) is 18.2 Å². The Morgan fingerprint density at radius 1 is 1.33 bits per heavy atom. The fraction of sp³-hybridized carbons (Fsp3) is 0.455. The Kier molecular flexibility index (Phi) is 6.02. The molecule has 0 heterocycles. The molecule has 0 spiro atoms. The van der Waals surface area contributed by atoms with Gasteiger partial charge in [-0.25, -0.2) is 0 Å². The van der Waals surface area contributed by atoms with Gasteiger partial charge in [0.1, 0.15) is 5.75 Å². The summed E-state index contributed by atoms with van der Waals surface area (Å²) in [7, 11) is 1.68. The molecule has 0 aliphatic heterocycles. The Morgan fingerprint density at radius 3 is 2.53 bits per heavy atom. The highest BCUT2D eigenvalue weighted by Crippen LogP contribution is 2.26. The van der Waals surface area contributed by atoms with Crippen LogP contribution in [0.3, 0.4) is 0 Å². The van der Waals surface area contributed by atoms with Crippen molar-refractivity contribution in [1.82, 2.24) is 0 Å². The second kappa shape index (κ2) is 6.77. The van der Waals surface area contributed by atoms with Crippen LogP contribution in [0, 0.1) is 5.92 Å². The second-order valence-corrected chi connectivity index (χ2v) is 5.07. The molecular formula is C11H13Br2ClO. The monoisotopic (exact) mass is 354 g/mol. The highest BCUT2D eigenvalue weighted by molar-refractivity contribution is 9.09. The van der Waals surface area contributed by atoms with Crippen LogP contribution in [0.25, 0.3) is 0 Å². The van der Waals surface area contributed by atoms with E-state index in [1.165, 1.54) is 0 Å². The molecule has 0 saturated heterocycles. The van der Waals surface area contributed by atoms with E-state index in [9.17, 15) is 0 Å². The molecule has 0 fully saturated rings. The number of rotatable bonds is 5. The molecule has 4 heteroatoms. The van der Waals surface area contributed by atoms with Gasteiger partial charge in [-0.2, -0.15) is 0 Å². The smallest absolute Gasteiger partial charge is 0.122 e. The zero-order valence-corrected chi connectivity index (χ0v) is 12.4. The van der Waals surface area contributed by atoms with Gasteiger partial charge in [-0.15, -0.1) is 0 Å². The predicted molar refractivity (Wildman–Crippen MR) is 72.8 cm³/mol. The van der Waals surface area contributed by atoms with E-state index in [0.29, 0.717) is 5.92 Å². The van der Waals surface area contributed by atoms with E-state index in [2.05, 4.69) is 31.9 Å². The van der Waals surface area contributed by atoms with Gasteiger partial charge in [-0.05, 0) is 36.1 Å². The molecule has 0 aromatic heterocycles. The highest BCUT2D eigenvalue weighted by atomic mass is 79.9. The van der Waals surface area contributed by atoms with Crippen molar-refractivity contribution >= 4 is 43.5 Å². The molecule has 0 N–H and O–H groups in total. The first kappa shape index (κ1) is 13.3. The first-order valence-electron chi connectivity index (χ1n) is 4.65. The Hall–Kier alpha value is 0.270. The van der Waals surface area contributed by atoms with Crippen LogP contribution < -0.4 is 4.74 Å². The minimum atomic E-state index is 0.553. The highest BCUT2D eigenvalue weighted by Gasteiger charge is 2.11. The number of benzene rings is 1. The van der Waals surface area contributed by atoms with Crippen molar-refractivity contribution in [3.8, 4) is 5.75 Å². The van der Waals surface area contributed by atoms with E-state index in [-0.39, 0.29) is 0 Å². The molecule has 1 aromatic rings. The van der Waals surface area contributed by atoms with Gasteiger partial charge in [0.05, 0.1) is 7.11 Å². The summed E-state index contributed by atoms with van der Waals surface area (Å²) in [5.41, 5.74) is 1.16. The maximum Gasteiger partial charge on any atom is 0.122 e. The van der Waals surface area contributed by atoms with Gasteiger partial charge in [0, 0.05) is 15.7 Å². The Labute approximate surface area is 112 Å². The molecule has 0 saturated carbocycles. The molecule has 0 aliphatic carbocycles. The van der Waals surface area contributed by atoms with Crippen LogP contribution in [0.1, 0.15) is 5.56 Å². The fourth-order valence-electron chi connectivity index (χ4n) is 1.37. The average Bonchev–Trinajstić information content (AvgIpc) is 2.26. The summed E-state index contributed by atoms with van der Waals surface area (Å²) in [6, 6.07) is 5.73. The summed E-state index contributed by atoms with van der Waals surface area (Å²) in [6.07, 6.45) is 0.959. The van der Waals surface area contributed by atoms with Crippen LogP contribution in [-0.2, 0) is 6.42 Å². The molecule has 1 aromatic carbocycles. The lowest BCUT2D eigenvalue weighted by molar-refractivity contribution is 0.407. The van der Waals surface area contributed by atoms with E-state index in [4.69, 9.17) is 16.3 Å². The SMILES string of the molecule is COc1ccc(Cl)cc1CC(CBr)CBr. The number of ether oxygens (including phenoxy) is 1. The van der Waals surface area contributed by atoms with Crippen LogP contribution in [0.4, 0.5) is 0 Å². The maximum atomic E-state index is 5.96. The van der Waals surface area contributed by atoms with Crippen molar-refractivity contribution in [1.29, 1.82) is 0 Å². The van der Waals surface area contributed by atoms with Crippen molar-refractivity contribution in [3.63, 3.8) is 0 Å². The van der Waals surface area contributed by atoms with Crippen LogP contribution in [-0.4, -0.2) is 17.8 Å². The van der Waals surface area contributed by atoms with Crippen molar-refractivity contribution in [3.05, 3.63) is 28.8 Å². The van der Waals surface area contributed by atoms with E-state index >= 15 is 0 Å². The van der Waals surface area contributed by atoms with Gasteiger partial charge in [-0.3, -0.25) is 0 Å². The molecule has 0 unspecified atom stereocenters. The van der Waals surface area contributed by atoms with Gasteiger partial charge in [0.25, 0.3) is 0 Å². The maximum absolute atomic E-state index is 5.96. The minimum Gasteiger partial charge on any atom is -0.496 e. The molecule has 15 heavy (non-hydrogen) atoms. The van der Waals surface area contributed by atoms with E-state index in [0.717, 1.165) is 33.4 Å². The van der Waals surface area contributed by atoms with Gasteiger partial charge < -0.3 is 4.74 Å². The molecule has 0 bridgehead atoms. The predicted octanol–water partition coefficient (Wildman–Crippen LogP) is 4.30. The van der Waals surface area contributed by atoms with Crippen LogP contribution >= 0.6 is 43.5 Å². The van der Waals surface area contributed by atoms with Crippen molar-refractivity contribution < 1.29 is 4.74 Å². The lowest BCUT2D eigenvalue weighted by Crippen LogP contribution is -2.08. The molecular weight excluding hydrogens is 343 g/mol. The topological polar surface area (TPSA) is 9.23 Å². The Balaban J connectivity index is 2.86. The third kappa shape index (κ3) is 3.97. The molecule has 1 nitrogen and oxygen atoms in total. The first-order valence-corrected chi connectivity index (χ1v) is 7.27. The molecule has 0 atom stereocenters. The first-order chi connectivity index (χ1) is 7.21. The molecule has 84 valence electrons. The molecule has 0 radical (unpaired) electrons. The number of methoxy groups -OCH3 is 1. The normalized spacial score (nSPS) is 10.7.